The highest BCUT2D eigenvalue weighted by Crippen LogP contribution is 2.43. The highest BCUT2D eigenvalue weighted by Gasteiger charge is 2.36. The summed E-state index contributed by atoms with van der Waals surface area (Å²) >= 11 is 0. The van der Waals surface area contributed by atoms with Gasteiger partial charge in [0.05, 0.1) is 11.1 Å². The maximum atomic E-state index is 13.8. The molecule has 19 heavy (non-hydrogen) atoms. The predicted octanol–water partition coefficient (Wildman–Crippen LogP) is 4.18. The fourth-order valence-corrected chi connectivity index (χ4v) is 2.81. The normalized spacial score (nSPS) is 17.5. The average molecular weight is 269 g/mol. The molecule has 1 aromatic rings. The van der Waals surface area contributed by atoms with Gasteiger partial charge < -0.3 is 0 Å². The molecule has 1 saturated carbocycles. The van der Waals surface area contributed by atoms with Crippen LogP contribution >= 0.6 is 0 Å². The summed E-state index contributed by atoms with van der Waals surface area (Å²) in [6, 6.07) is 2.59. The third-order valence-corrected chi connectivity index (χ3v) is 3.78. The van der Waals surface area contributed by atoms with E-state index in [1.165, 1.54) is 19.1 Å². The van der Waals surface area contributed by atoms with Crippen LogP contribution in [0.4, 0.5) is 13.2 Å². The second-order valence-corrected chi connectivity index (χ2v) is 4.93. The van der Waals surface area contributed by atoms with Crippen LogP contribution in [0.5, 0.6) is 0 Å². The van der Waals surface area contributed by atoms with E-state index < -0.39 is 23.3 Å². The molecule has 102 valence electrons. The Morgan fingerprint density at radius 2 is 1.95 bits per heavy atom. The van der Waals surface area contributed by atoms with Crippen LogP contribution in [0.3, 0.4) is 0 Å². The van der Waals surface area contributed by atoms with Crippen molar-refractivity contribution in [3.63, 3.8) is 0 Å². The summed E-state index contributed by atoms with van der Waals surface area (Å²) in [6.07, 6.45) is 1.68. The Morgan fingerprint density at radius 1 is 1.32 bits per heavy atom. The number of alkyl halides is 2. The largest absolute Gasteiger partial charge is 0.266 e. The molecular formula is C14H14F3NO. The van der Waals surface area contributed by atoms with Crippen molar-refractivity contribution in [2.45, 2.75) is 44.6 Å². The number of rotatable bonds is 3. The molecule has 5 heteroatoms. The molecular weight excluding hydrogens is 255 g/mol. The van der Waals surface area contributed by atoms with Gasteiger partial charge in [-0.25, -0.2) is 18.0 Å². The highest BCUT2D eigenvalue weighted by atomic mass is 19.3. The number of benzene rings is 1. The van der Waals surface area contributed by atoms with Crippen molar-refractivity contribution in [2.75, 3.05) is 0 Å². The standard InChI is InChI=1S/C14H14F3NO/c1-9-6-10(7-11(15)12(9)13(16)17)14(18-8-19)4-2-3-5-14/h6-7,13H,2-5H2,1H3. The minimum Gasteiger partial charge on any atom is -0.211 e. The van der Waals surface area contributed by atoms with E-state index in [1.54, 1.807) is 0 Å². The Hall–Kier alpha value is -1.61. The lowest BCUT2D eigenvalue weighted by molar-refractivity contribution is 0.145. The molecule has 1 aliphatic rings. The summed E-state index contributed by atoms with van der Waals surface area (Å²) in [7, 11) is 0. The zero-order valence-electron chi connectivity index (χ0n) is 10.5. The van der Waals surface area contributed by atoms with Gasteiger partial charge in [-0.2, -0.15) is 4.99 Å². The molecule has 0 aliphatic heterocycles. The number of aryl methyl sites for hydroxylation is 1. The topological polar surface area (TPSA) is 29.4 Å². The number of isocyanates is 1. The summed E-state index contributed by atoms with van der Waals surface area (Å²) in [5, 5.41) is 0. The second-order valence-electron chi connectivity index (χ2n) is 4.93. The molecule has 0 amide bonds. The van der Waals surface area contributed by atoms with Crippen LogP contribution in [-0.4, -0.2) is 6.08 Å². The van der Waals surface area contributed by atoms with E-state index in [0.29, 0.717) is 18.4 Å². The lowest BCUT2D eigenvalue weighted by atomic mass is 9.87. The molecule has 0 aromatic heterocycles. The summed E-state index contributed by atoms with van der Waals surface area (Å²) < 4.78 is 39.2. The van der Waals surface area contributed by atoms with Crippen molar-refractivity contribution in [1.82, 2.24) is 0 Å². The van der Waals surface area contributed by atoms with Gasteiger partial charge in [-0.05, 0) is 37.0 Å². The number of nitrogens with zero attached hydrogens (tertiary/aromatic N) is 1. The van der Waals surface area contributed by atoms with E-state index in [1.807, 2.05) is 0 Å². The van der Waals surface area contributed by atoms with Gasteiger partial charge in [0.15, 0.2) is 0 Å². The molecule has 1 fully saturated rings. The molecule has 2 nitrogen and oxygen atoms in total. The lowest BCUT2D eigenvalue weighted by Crippen LogP contribution is -2.20. The minimum absolute atomic E-state index is 0.192. The molecule has 0 heterocycles. The van der Waals surface area contributed by atoms with Crippen LogP contribution in [0.15, 0.2) is 17.1 Å². The van der Waals surface area contributed by atoms with Crippen LogP contribution < -0.4 is 0 Å². The van der Waals surface area contributed by atoms with Gasteiger partial charge in [0, 0.05) is 0 Å². The number of halogens is 3. The van der Waals surface area contributed by atoms with Gasteiger partial charge in [0.2, 0.25) is 6.08 Å². The summed E-state index contributed by atoms with van der Waals surface area (Å²) in [6.45, 7) is 1.45. The first-order valence-electron chi connectivity index (χ1n) is 6.18. The number of hydrogen-bond acceptors (Lipinski definition) is 2. The van der Waals surface area contributed by atoms with Gasteiger partial charge in [-0.3, -0.25) is 0 Å². The first-order valence-corrected chi connectivity index (χ1v) is 6.18. The van der Waals surface area contributed by atoms with Crippen molar-refractivity contribution < 1.29 is 18.0 Å². The van der Waals surface area contributed by atoms with Crippen LogP contribution in [-0.2, 0) is 10.3 Å². The zero-order chi connectivity index (χ0) is 14.0. The van der Waals surface area contributed by atoms with Gasteiger partial charge in [-0.15, -0.1) is 0 Å². The molecule has 0 radical (unpaired) electrons. The zero-order valence-corrected chi connectivity index (χ0v) is 10.5. The van der Waals surface area contributed by atoms with E-state index in [2.05, 4.69) is 4.99 Å². The number of carbonyl (C=O) groups excluding carboxylic acids is 1. The fourth-order valence-electron chi connectivity index (χ4n) is 2.81. The summed E-state index contributed by atoms with van der Waals surface area (Å²) in [5.74, 6) is -0.933. The van der Waals surface area contributed by atoms with Gasteiger partial charge in [0.25, 0.3) is 6.43 Å². The Morgan fingerprint density at radius 3 is 2.42 bits per heavy atom. The molecule has 1 aromatic carbocycles. The van der Waals surface area contributed by atoms with E-state index in [9.17, 15) is 18.0 Å². The fraction of sp³-hybridized carbons (Fsp3) is 0.500. The molecule has 0 spiro atoms. The average Bonchev–Trinajstić information content (AvgIpc) is 2.77. The molecule has 0 bridgehead atoms. The van der Waals surface area contributed by atoms with Crippen LogP contribution in [0.2, 0.25) is 0 Å². The third kappa shape index (κ3) is 2.43. The van der Waals surface area contributed by atoms with Crippen molar-refractivity contribution in [3.8, 4) is 0 Å². The molecule has 0 N–H and O–H groups in total. The Kier molecular flexibility index (Phi) is 3.76. The van der Waals surface area contributed by atoms with Crippen LogP contribution in [0.1, 0.15) is 48.8 Å². The first kappa shape index (κ1) is 13.8. The predicted molar refractivity (Wildman–Crippen MR) is 64.4 cm³/mol. The number of aliphatic imine (C=N–C) groups is 1. The molecule has 1 aliphatic carbocycles. The molecule has 0 saturated heterocycles. The highest BCUT2D eigenvalue weighted by molar-refractivity contribution is 5.42. The maximum Gasteiger partial charge on any atom is 0.266 e. The quantitative estimate of drug-likeness (QED) is 0.598. The van der Waals surface area contributed by atoms with Crippen molar-refractivity contribution in [2.24, 2.45) is 4.99 Å². The van der Waals surface area contributed by atoms with E-state index in [0.717, 1.165) is 18.9 Å². The second kappa shape index (κ2) is 5.17. The maximum absolute atomic E-state index is 13.8. The molecule has 2 rings (SSSR count). The molecule has 0 unspecified atom stereocenters. The van der Waals surface area contributed by atoms with E-state index in [4.69, 9.17) is 0 Å². The van der Waals surface area contributed by atoms with Gasteiger partial charge in [-0.1, -0.05) is 18.9 Å². The van der Waals surface area contributed by atoms with E-state index >= 15 is 0 Å². The first-order chi connectivity index (χ1) is 9.00. The lowest BCUT2D eigenvalue weighted by Gasteiger charge is -2.24. The monoisotopic (exact) mass is 269 g/mol. The van der Waals surface area contributed by atoms with Crippen molar-refractivity contribution >= 4 is 6.08 Å². The van der Waals surface area contributed by atoms with Gasteiger partial charge >= 0.3 is 0 Å². The Balaban J connectivity index is 2.54. The summed E-state index contributed by atoms with van der Waals surface area (Å²) in [4.78, 5) is 14.4. The van der Waals surface area contributed by atoms with Crippen LogP contribution in [0.25, 0.3) is 0 Å². The molecule has 0 atom stereocenters. The third-order valence-electron chi connectivity index (χ3n) is 3.78. The SMILES string of the molecule is Cc1cc(C2(N=C=O)CCCC2)cc(F)c1C(F)F. The smallest absolute Gasteiger partial charge is 0.211 e. The van der Waals surface area contributed by atoms with Gasteiger partial charge in [0.1, 0.15) is 5.82 Å². The Labute approximate surface area is 109 Å². The van der Waals surface area contributed by atoms with E-state index in [-0.39, 0.29) is 5.56 Å². The minimum atomic E-state index is -2.84. The Bertz CT molecular complexity index is 506. The van der Waals surface area contributed by atoms with Crippen molar-refractivity contribution in [1.29, 1.82) is 0 Å². The van der Waals surface area contributed by atoms with Crippen LogP contribution in [0, 0.1) is 12.7 Å². The number of hydrogen-bond donors (Lipinski definition) is 0. The van der Waals surface area contributed by atoms with Crippen molar-refractivity contribution in [3.05, 3.63) is 34.6 Å². The summed E-state index contributed by atoms with van der Waals surface area (Å²) in [5.41, 5.74) is -0.675.